The molecule has 0 unspecified atom stereocenters. The van der Waals surface area contributed by atoms with Crippen molar-refractivity contribution in [1.29, 1.82) is 5.26 Å². The van der Waals surface area contributed by atoms with Gasteiger partial charge in [0.05, 0.1) is 53.1 Å². The van der Waals surface area contributed by atoms with Gasteiger partial charge in [-0.3, -0.25) is 9.48 Å². The Morgan fingerprint density at radius 1 is 1.23 bits per heavy atom. The molecule has 0 bridgehead atoms. The topological polar surface area (TPSA) is 156 Å². The second-order valence-electron chi connectivity index (χ2n) is 9.90. The van der Waals surface area contributed by atoms with Crippen LogP contribution in [0.4, 0.5) is 15.8 Å². The van der Waals surface area contributed by atoms with Gasteiger partial charge in [-0.15, -0.1) is 0 Å². The highest BCUT2D eigenvalue weighted by Crippen LogP contribution is 2.27. The third-order valence-electron chi connectivity index (χ3n) is 6.54. The number of hydrogen-bond acceptors (Lipinski definition) is 9. The third-order valence-corrected chi connectivity index (χ3v) is 6.54. The Kier molecular flexibility index (Phi) is 7.23. The van der Waals surface area contributed by atoms with Crippen molar-refractivity contribution < 1.29 is 19.0 Å². The average molecular weight is 534 g/mol. The van der Waals surface area contributed by atoms with E-state index < -0.39 is 17.7 Å². The van der Waals surface area contributed by atoms with E-state index in [1.54, 1.807) is 24.5 Å². The molecule has 5 rings (SSSR count). The van der Waals surface area contributed by atoms with E-state index in [9.17, 15) is 14.3 Å². The zero-order chi connectivity index (χ0) is 27.6. The summed E-state index contributed by atoms with van der Waals surface area (Å²) in [5, 5.41) is 34.3. The van der Waals surface area contributed by atoms with Crippen molar-refractivity contribution in [3.63, 3.8) is 0 Å². The lowest BCUT2D eigenvalue weighted by molar-refractivity contribution is -0.00177. The molecule has 0 aliphatic carbocycles. The molecule has 202 valence electrons. The lowest BCUT2D eigenvalue weighted by atomic mass is 10.0. The van der Waals surface area contributed by atoms with Gasteiger partial charge in [-0.1, -0.05) is 0 Å². The first kappa shape index (κ1) is 26.2. The van der Waals surface area contributed by atoms with Crippen molar-refractivity contribution in [2.45, 2.75) is 44.5 Å². The van der Waals surface area contributed by atoms with Gasteiger partial charge in [0.2, 0.25) is 0 Å². The number of aliphatic hydroxyl groups is 1. The highest BCUT2D eigenvalue weighted by atomic mass is 19.1. The first-order valence-electron chi connectivity index (χ1n) is 12.5. The van der Waals surface area contributed by atoms with Crippen molar-refractivity contribution in [1.82, 2.24) is 34.8 Å². The van der Waals surface area contributed by atoms with E-state index >= 15 is 0 Å². The van der Waals surface area contributed by atoms with Gasteiger partial charge in [-0.2, -0.15) is 20.1 Å². The van der Waals surface area contributed by atoms with Crippen LogP contribution < -0.4 is 10.6 Å². The maximum Gasteiger partial charge on any atom is 0.255 e. The molecule has 1 atom stereocenters. The van der Waals surface area contributed by atoms with E-state index in [2.05, 4.69) is 36.9 Å². The number of nitrogens with zero attached hydrogens (tertiary/aromatic N) is 7. The quantitative estimate of drug-likeness (QED) is 0.310. The van der Waals surface area contributed by atoms with Crippen LogP contribution in [-0.4, -0.2) is 72.1 Å². The fourth-order valence-electron chi connectivity index (χ4n) is 4.23. The number of halogens is 1. The molecule has 4 aromatic heterocycles. The summed E-state index contributed by atoms with van der Waals surface area (Å²) in [4.78, 5) is 21.8. The standard InChI is InChI=1S/C26H28FN9O3/c1-26(2,38)22(27)14-31-25(37)20-13-29-23(36-24-17(11-33-36)7-16(9-28)10-30-24)8-21(20)34-18-12-32-35(15-18)19-3-5-39-6-4-19/h7-8,10-13,15,19,22,38H,3-6,14H2,1-2H3,(H,29,34)(H,31,37)/t22-/m1/s1. The summed E-state index contributed by atoms with van der Waals surface area (Å²) in [6, 6.07) is 5.58. The molecule has 0 aromatic carbocycles. The molecule has 13 heteroatoms. The molecule has 4 aromatic rings. The zero-order valence-corrected chi connectivity index (χ0v) is 21.5. The number of pyridine rings is 2. The first-order valence-corrected chi connectivity index (χ1v) is 12.5. The average Bonchev–Trinajstić information content (AvgIpc) is 3.58. The number of rotatable bonds is 8. The molecule has 12 nitrogen and oxygen atoms in total. The van der Waals surface area contributed by atoms with E-state index in [0.717, 1.165) is 12.8 Å². The Balaban J connectivity index is 1.47. The molecule has 1 aliphatic heterocycles. The lowest BCUT2D eigenvalue weighted by Gasteiger charge is -2.22. The number of carbonyl (C=O) groups excluding carboxylic acids is 1. The van der Waals surface area contributed by atoms with Crippen LogP contribution in [0.25, 0.3) is 16.9 Å². The number of ether oxygens (including phenoxy) is 1. The molecular weight excluding hydrogens is 505 g/mol. The largest absolute Gasteiger partial charge is 0.387 e. The van der Waals surface area contributed by atoms with Gasteiger partial charge in [0.1, 0.15) is 12.2 Å². The molecule has 0 radical (unpaired) electrons. The van der Waals surface area contributed by atoms with Crippen molar-refractivity contribution in [3.8, 4) is 11.9 Å². The van der Waals surface area contributed by atoms with Gasteiger partial charge in [-0.25, -0.2) is 14.4 Å². The van der Waals surface area contributed by atoms with Gasteiger partial charge < -0.3 is 20.5 Å². The Labute approximate surface area is 223 Å². The number of carbonyl (C=O) groups is 1. The molecule has 0 saturated carbocycles. The smallest absolute Gasteiger partial charge is 0.255 e. The van der Waals surface area contributed by atoms with E-state index in [0.29, 0.717) is 47.0 Å². The molecule has 3 N–H and O–H groups in total. The highest BCUT2D eigenvalue weighted by Gasteiger charge is 2.27. The minimum Gasteiger partial charge on any atom is -0.387 e. The summed E-state index contributed by atoms with van der Waals surface area (Å²) in [5.74, 6) is -0.194. The van der Waals surface area contributed by atoms with Crippen LogP contribution in [0.1, 0.15) is 48.7 Å². The second-order valence-corrected chi connectivity index (χ2v) is 9.90. The van der Waals surface area contributed by atoms with Crippen LogP contribution in [0, 0.1) is 11.3 Å². The lowest BCUT2D eigenvalue weighted by Crippen LogP contribution is -2.42. The maximum absolute atomic E-state index is 14.3. The fraction of sp³-hybridized carbons (Fsp3) is 0.385. The minimum atomic E-state index is -1.66. The molecule has 1 fully saturated rings. The predicted molar refractivity (Wildman–Crippen MR) is 140 cm³/mol. The number of nitriles is 1. The summed E-state index contributed by atoms with van der Waals surface area (Å²) in [5.41, 5.74) is 0.492. The molecule has 1 amide bonds. The summed E-state index contributed by atoms with van der Waals surface area (Å²) >= 11 is 0. The zero-order valence-electron chi connectivity index (χ0n) is 21.5. The van der Waals surface area contributed by atoms with E-state index in [1.165, 1.54) is 30.9 Å². The van der Waals surface area contributed by atoms with Gasteiger partial charge in [0, 0.05) is 43.3 Å². The Morgan fingerprint density at radius 3 is 2.77 bits per heavy atom. The van der Waals surface area contributed by atoms with Crippen molar-refractivity contribution in [2.75, 3.05) is 25.1 Å². The number of hydrogen-bond donors (Lipinski definition) is 3. The second kappa shape index (κ2) is 10.8. The number of fused-ring (bicyclic) bond motifs is 1. The van der Waals surface area contributed by atoms with Crippen LogP contribution >= 0.6 is 0 Å². The Bertz CT molecular complexity index is 1530. The van der Waals surface area contributed by atoms with Crippen molar-refractivity contribution in [3.05, 3.63) is 54.2 Å². The first-order chi connectivity index (χ1) is 18.7. The van der Waals surface area contributed by atoms with Crippen molar-refractivity contribution >= 4 is 28.3 Å². The summed E-state index contributed by atoms with van der Waals surface area (Å²) in [7, 11) is 0. The van der Waals surface area contributed by atoms with E-state index in [1.807, 2.05) is 10.9 Å². The fourth-order valence-corrected chi connectivity index (χ4v) is 4.23. The van der Waals surface area contributed by atoms with Crippen LogP contribution in [0.15, 0.2) is 43.1 Å². The summed E-state index contributed by atoms with van der Waals surface area (Å²) in [6.07, 6.45) is 7.96. The van der Waals surface area contributed by atoms with Crippen LogP contribution in [0.2, 0.25) is 0 Å². The summed E-state index contributed by atoms with van der Waals surface area (Å²) < 4.78 is 23.1. The minimum absolute atomic E-state index is 0.164. The Hall–Kier alpha value is -4.41. The number of aromatic nitrogens is 6. The molecule has 39 heavy (non-hydrogen) atoms. The van der Waals surface area contributed by atoms with E-state index in [-0.39, 0.29) is 18.2 Å². The van der Waals surface area contributed by atoms with Crippen LogP contribution in [0.5, 0.6) is 0 Å². The molecule has 0 spiro atoms. The SMILES string of the molecule is CC(C)(O)[C@H](F)CNC(=O)c1cnc(-n2ncc3cc(C#N)cnc32)cc1Nc1cnn(C2CCOCC2)c1. The predicted octanol–water partition coefficient (Wildman–Crippen LogP) is 2.82. The van der Waals surface area contributed by atoms with E-state index in [4.69, 9.17) is 10.00 Å². The Morgan fingerprint density at radius 2 is 2.03 bits per heavy atom. The maximum atomic E-state index is 14.3. The van der Waals surface area contributed by atoms with Gasteiger partial charge in [0.25, 0.3) is 5.91 Å². The molecule has 5 heterocycles. The van der Waals surface area contributed by atoms with Crippen LogP contribution in [-0.2, 0) is 4.74 Å². The number of alkyl halides is 1. The van der Waals surface area contributed by atoms with Gasteiger partial charge in [0.15, 0.2) is 11.5 Å². The molecular formula is C26H28FN9O3. The summed E-state index contributed by atoms with van der Waals surface area (Å²) in [6.45, 7) is 3.65. The number of amides is 1. The monoisotopic (exact) mass is 533 g/mol. The molecule has 1 aliphatic rings. The third kappa shape index (κ3) is 5.71. The highest BCUT2D eigenvalue weighted by molar-refractivity contribution is 6.00. The van der Waals surface area contributed by atoms with Gasteiger partial charge >= 0.3 is 0 Å². The number of anilines is 2. The van der Waals surface area contributed by atoms with Crippen LogP contribution in [0.3, 0.4) is 0 Å². The van der Waals surface area contributed by atoms with Crippen molar-refractivity contribution in [2.24, 2.45) is 0 Å². The normalized spacial score (nSPS) is 15.2. The number of nitrogens with one attached hydrogen (secondary N) is 2. The molecule has 1 saturated heterocycles. The van der Waals surface area contributed by atoms with Gasteiger partial charge in [-0.05, 0) is 32.8 Å².